The van der Waals surface area contributed by atoms with Crippen molar-refractivity contribution in [3.63, 3.8) is 0 Å². The fourth-order valence-electron chi connectivity index (χ4n) is 4.11. The summed E-state index contributed by atoms with van der Waals surface area (Å²) < 4.78 is 1.87. The third-order valence-corrected chi connectivity index (χ3v) is 5.52. The molecule has 3 rings (SSSR count). The molecule has 1 aliphatic heterocycles. The SMILES string of the molecule is CNC(=O)C1CCC(n2c(NC(C)C)nc3c(c2=O)C[C@@H](C)NC3)CC1. The topological polar surface area (TPSA) is 88.1 Å². The number of rotatable bonds is 4. The molecule has 2 heterocycles. The van der Waals surface area contributed by atoms with Crippen molar-refractivity contribution in [2.75, 3.05) is 12.4 Å². The van der Waals surface area contributed by atoms with Crippen LogP contribution in [0.3, 0.4) is 0 Å². The number of amides is 1. The number of carbonyl (C=O) groups excluding carboxylic acids is 1. The monoisotopic (exact) mass is 361 g/mol. The molecule has 7 heteroatoms. The highest BCUT2D eigenvalue weighted by Gasteiger charge is 2.31. The third kappa shape index (κ3) is 3.77. The average Bonchev–Trinajstić information content (AvgIpc) is 2.62. The van der Waals surface area contributed by atoms with Crippen LogP contribution < -0.4 is 21.5 Å². The highest BCUT2D eigenvalue weighted by molar-refractivity contribution is 5.78. The van der Waals surface area contributed by atoms with Crippen LogP contribution in [0.2, 0.25) is 0 Å². The van der Waals surface area contributed by atoms with E-state index in [0.717, 1.165) is 43.4 Å². The van der Waals surface area contributed by atoms with Crippen molar-refractivity contribution in [3.8, 4) is 0 Å². The zero-order valence-electron chi connectivity index (χ0n) is 16.3. The van der Waals surface area contributed by atoms with E-state index in [1.54, 1.807) is 7.05 Å². The summed E-state index contributed by atoms with van der Waals surface area (Å²) in [6, 6.07) is 0.592. The Bertz CT molecular complexity index is 719. The van der Waals surface area contributed by atoms with Crippen molar-refractivity contribution >= 4 is 11.9 Å². The fraction of sp³-hybridized carbons (Fsp3) is 0.737. The van der Waals surface area contributed by atoms with Crippen LogP contribution >= 0.6 is 0 Å². The predicted molar refractivity (Wildman–Crippen MR) is 102 cm³/mol. The molecule has 1 fully saturated rings. The zero-order chi connectivity index (χ0) is 18.8. The number of nitrogens with one attached hydrogen (secondary N) is 3. The maximum Gasteiger partial charge on any atom is 0.258 e. The highest BCUT2D eigenvalue weighted by Crippen LogP contribution is 2.33. The molecule has 1 saturated carbocycles. The van der Waals surface area contributed by atoms with Crippen molar-refractivity contribution in [3.05, 3.63) is 21.6 Å². The molecular formula is C19H31N5O2. The quantitative estimate of drug-likeness (QED) is 0.758. The van der Waals surface area contributed by atoms with Crippen LogP contribution in [-0.4, -0.2) is 34.6 Å². The molecule has 0 spiro atoms. The highest BCUT2D eigenvalue weighted by atomic mass is 16.2. The van der Waals surface area contributed by atoms with Crippen LogP contribution in [0.15, 0.2) is 4.79 Å². The Kier molecular flexibility index (Phi) is 5.65. The summed E-state index contributed by atoms with van der Waals surface area (Å²) in [5.41, 5.74) is 1.81. The van der Waals surface area contributed by atoms with Crippen LogP contribution in [0.5, 0.6) is 0 Å². The molecule has 2 aliphatic rings. The van der Waals surface area contributed by atoms with Crippen molar-refractivity contribution in [2.24, 2.45) is 5.92 Å². The number of carbonyl (C=O) groups is 1. The molecule has 7 nitrogen and oxygen atoms in total. The van der Waals surface area contributed by atoms with E-state index in [9.17, 15) is 9.59 Å². The van der Waals surface area contributed by atoms with Crippen molar-refractivity contribution in [1.82, 2.24) is 20.2 Å². The first-order valence-electron chi connectivity index (χ1n) is 9.76. The maximum atomic E-state index is 13.3. The van der Waals surface area contributed by atoms with Gasteiger partial charge in [0, 0.05) is 43.2 Å². The summed E-state index contributed by atoms with van der Waals surface area (Å²) in [4.78, 5) is 30.0. The molecular weight excluding hydrogens is 330 g/mol. The number of hydrogen-bond donors (Lipinski definition) is 3. The first-order chi connectivity index (χ1) is 12.4. The molecule has 0 saturated heterocycles. The second-order valence-electron chi connectivity index (χ2n) is 7.94. The third-order valence-electron chi connectivity index (χ3n) is 5.52. The molecule has 1 aliphatic carbocycles. The molecule has 0 aromatic carbocycles. The summed E-state index contributed by atoms with van der Waals surface area (Å²) >= 11 is 0. The Morgan fingerprint density at radius 3 is 2.58 bits per heavy atom. The van der Waals surface area contributed by atoms with Crippen molar-refractivity contribution < 1.29 is 4.79 Å². The van der Waals surface area contributed by atoms with Gasteiger partial charge in [-0.3, -0.25) is 14.2 Å². The number of aromatic nitrogens is 2. The number of anilines is 1. The first-order valence-corrected chi connectivity index (χ1v) is 9.76. The van der Waals surface area contributed by atoms with Gasteiger partial charge in [-0.1, -0.05) is 0 Å². The van der Waals surface area contributed by atoms with Crippen molar-refractivity contribution in [2.45, 2.75) is 77.5 Å². The van der Waals surface area contributed by atoms with Gasteiger partial charge in [0.2, 0.25) is 11.9 Å². The second-order valence-corrected chi connectivity index (χ2v) is 7.94. The summed E-state index contributed by atoms with van der Waals surface area (Å²) in [7, 11) is 1.69. The summed E-state index contributed by atoms with van der Waals surface area (Å²) in [5.74, 6) is 0.839. The zero-order valence-corrected chi connectivity index (χ0v) is 16.3. The molecule has 0 unspecified atom stereocenters. The lowest BCUT2D eigenvalue weighted by molar-refractivity contribution is -0.125. The van der Waals surface area contributed by atoms with E-state index in [2.05, 4.69) is 36.7 Å². The molecule has 1 aromatic rings. The minimum atomic E-state index is 0.0586. The molecule has 1 amide bonds. The van der Waals surface area contributed by atoms with Gasteiger partial charge in [-0.05, 0) is 52.9 Å². The van der Waals surface area contributed by atoms with E-state index in [4.69, 9.17) is 4.98 Å². The molecule has 144 valence electrons. The van der Waals surface area contributed by atoms with Gasteiger partial charge in [-0.15, -0.1) is 0 Å². The van der Waals surface area contributed by atoms with Gasteiger partial charge in [-0.2, -0.15) is 0 Å². The summed E-state index contributed by atoms with van der Waals surface area (Å²) in [5, 5.41) is 9.49. The molecule has 1 aromatic heterocycles. The van der Waals surface area contributed by atoms with E-state index in [1.807, 2.05) is 4.57 Å². The molecule has 26 heavy (non-hydrogen) atoms. The van der Waals surface area contributed by atoms with Crippen LogP contribution in [0, 0.1) is 5.92 Å². The second kappa shape index (κ2) is 7.78. The first kappa shape index (κ1) is 18.9. The van der Waals surface area contributed by atoms with Gasteiger partial charge < -0.3 is 16.0 Å². The van der Waals surface area contributed by atoms with Gasteiger partial charge in [0.05, 0.1) is 5.69 Å². The predicted octanol–water partition coefficient (Wildman–Crippen LogP) is 1.58. The molecule has 3 N–H and O–H groups in total. The Balaban J connectivity index is 1.93. The van der Waals surface area contributed by atoms with Crippen LogP contribution in [-0.2, 0) is 17.8 Å². The van der Waals surface area contributed by atoms with Gasteiger partial charge in [-0.25, -0.2) is 4.98 Å². The maximum absolute atomic E-state index is 13.3. The van der Waals surface area contributed by atoms with E-state index < -0.39 is 0 Å². The van der Waals surface area contributed by atoms with E-state index >= 15 is 0 Å². The van der Waals surface area contributed by atoms with E-state index in [0.29, 0.717) is 18.5 Å². The normalized spacial score (nSPS) is 25.7. The van der Waals surface area contributed by atoms with Crippen LogP contribution in [0.1, 0.15) is 63.8 Å². The lowest BCUT2D eigenvalue weighted by Gasteiger charge is -2.32. The van der Waals surface area contributed by atoms with Gasteiger partial charge in [0.25, 0.3) is 5.56 Å². The van der Waals surface area contributed by atoms with Crippen LogP contribution in [0.25, 0.3) is 0 Å². The van der Waals surface area contributed by atoms with E-state index in [1.165, 1.54) is 0 Å². The lowest BCUT2D eigenvalue weighted by atomic mass is 9.85. The molecule has 1 atom stereocenters. The summed E-state index contributed by atoms with van der Waals surface area (Å²) in [6.07, 6.45) is 4.01. The average molecular weight is 361 g/mol. The van der Waals surface area contributed by atoms with Gasteiger partial charge >= 0.3 is 0 Å². The molecule has 0 radical (unpaired) electrons. The van der Waals surface area contributed by atoms with Gasteiger partial charge in [0.15, 0.2) is 0 Å². The lowest BCUT2D eigenvalue weighted by Crippen LogP contribution is -2.42. The van der Waals surface area contributed by atoms with Gasteiger partial charge in [0.1, 0.15) is 0 Å². The Morgan fingerprint density at radius 1 is 1.27 bits per heavy atom. The Hall–Kier alpha value is -1.89. The Labute approximate surface area is 155 Å². The molecule has 0 bridgehead atoms. The number of hydrogen-bond acceptors (Lipinski definition) is 5. The minimum Gasteiger partial charge on any atom is -0.359 e. The summed E-state index contributed by atoms with van der Waals surface area (Å²) in [6.45, 7) is 6.85. The standard InChI is InChI=1S/C19H31N5O2/c1-11(2)22-19-23-16-10-21-12(3)9-15(16)18(26)24(19)14-7-5-13(6-8-14)17(25)20-4/h11-14,21H,5-10H2,1-4H3,(H,20,25)(H,22,23)/t12-,13?,14?/m1/s1. The minimum absolute atomic E-state index is 0.0586. The number of nitrogens with zero attached hydrogens (tertiary/aromatic N) is 2. The smallest absolute Gasteiger partial charge is 0.258 e. The van der Waals surface area contributed by atoms with E-state index in [-0.39, 0.29) is 29.5 Å². The van der Waals surface area contributed by atoms with Crippen LogP contribution in [0.4, 0.5) is 5.95 Å². The fourth-order valence-corrected chi connectivity index (χ4v) is 4.11. The van der Waals surface area contributed by atoms with Crippen molar-refractivity contribution in [1.29, 1.82) is 0 Å². The number of fused-ring (bicyclic) bond motifs is 1. The largest absolute Gasteiger partial charge is 0.359 e. The Morgan fingerprint density at radius 2 is 1.96 bits per heavy atom.